The number of nitrogens with zero attached hydrogens (tertiary/aromatic N) is 1. The molecule has 0 bridgehead atoms. The van der Waals surface area contributed by atoms with E-state index in [-0.39, 0.29) is 5.41 Å². The number of aromatic nitrogens is 1. The van der Waals surface area contributed by atoms with Crippen LogP contribution in [0, 0.1) is 0 Å². The minimum atomic E-state index is -0.0191. The van der Waals surface area contributed by atoms with Crippen LogP contribution in [0.15, 0.2) is 152 Å². The van der Waals surface area contributed by atoms with Gasteiger partial charge in [-0.2, -0.15) is 0 Å². The number of rotatable bonds is 3. The Morgan fingerprint density at radius 1 is 0.432 bits per heavy atom. The summed E-state index contributed by atoms with van der Waals surface area (Å²) in [7, 11) is 0. The second kappa shape index (κ2) is 9.30. The Morgan fingerprint density at radius 3 is 1.80 bits per heavy atom. The molecule has 208 valence electrons. The molecule has 7 aromatic carbocycles. The average Bonchev–Trinajstić information content (AvgIpc) is 3.53. The Kier molecular flexibility index (Phi) is 5.31. The molecule has 44 heavy (non-hydrogen) atoms. The van der Waals surface area contributed by atoms with Crippen molar-refractivity contribution in [1.82, 2.24) is 4.57 Å². The van der Waals surface area contributed by atoms with Crippen molar-refractivity contribution in [2.45, 2.75) is 19.3 Å². The Balaban J connectivity index is 1.37. The van der Waals surface area contributed by atoms with Crippen LogP contribution in [0.2, 0.25) is 0 Å². The molecule has 0 fully saturated rings. The summed E-state index contributed by atoms with van der Waals surface area (Å²) in [6, 6.07) is 55.9. The number of hydrogen-bond acceptors (Lipinski definition) is 0. The molecular weight excluding hydrogens is 530 g/mol. The maximum Gasteiger partial charge on any atom is 0.0547 e. The van der Waals surface area contributed by atoms with Gasteiger partial charge in [0.1, 0.15) is 0 Å². The van der Waals surface area contributed by atoms with Gasteiger partial charge in [-0.15, -0.1) is 0 Å². The summed E-state index contributed by atoms with van der Waals surface area (Å²) in [5, 5.41) is 5.20. The van der Waals surface area contributed by atoms with E-state index in [9.17, 15) is 0 Å². The second-order valence-electron chi connectivity index (χ2n) is 12.6. The third-order valence-electron chi connectivity index (χ3n) is 9.75. The van der Waals surface area contributed by atoms with Crippen molar-refractivity contribution < 1.29 is 0 Å². The second-order valence-corrected chi connectivity index (χ2v) is 12.6. The lowest BCUT2D eigenvalue weighted by atomic mass is 9.82. The third kappa shape index (κ3) is 3.59. The molecule has 0 unspecified atom stereocenters. The highest BCUT2D eigenvalue weighted by atomic mass is 15.0. The lowest BCUT2D eigenvalue weighted by Gasteiger charge is -2.21. The summed E-state index contributed by atoms with van der Waals surface area (Å²) in [4.78, 5) is 0. The van der Waals surface area contributed by atoms with Crippen molar-refractivity contribution in [3.63, 3.8) is 0 Å². The summed E-state index contributed by atoms with van der Waals surface area (Å²) in [6.45, 7) is 4.72. The zero-order chi connectivity index (χ0) is 29.4. The molecule has 8 aromatic rings. The van der Waals surface area contributed by atoms with Crippen LogP contribution in [0.4, 0.5) is 0 Å². The van der Waals surface area contributed by atoms with E-state index in [4.69, 9.17) is 0 Å². The van der Waals surface area contributed by atoms with Gasteiger partial charge in [0.05, 0.1) is 11.0 Å². The molecule has 0 saturated carbocycles. The molecule has 0 N–H and O–H groups in total. The largest absolute Gasteiger partial charge is 0.309 e. The van der Waals surface area contributed by atoms with Crippen LogP contribution in [0.3, 0.4) is 0 Å². The number of hydrogen-bond donors (Lipinski definition) is 0. The molecule has 1 heteroatoms. The number of benzene rings is 7. The minimum absolute atomic E-state index is 0.0191. The van der Waals surface area contributed by atoms with Gasteiger partial charge in [-0.25, -0.2) is 0 Å². The number of fused-ring (bicyclic) bond motifs is 8. The van der Waals surface area contributed by atoms with Gasteiger partial charge >= 0.3 is 0 Å². The predicted molar refractivity (Wildman–Crippen MR) is 187 cm³/mol. The molecular formula is C43H31N. The normalized spacial score (nSPS) is 13.4. The predicted octanol–water partition coefficient (Wildman–Crippen LogP) is 11.6. The highest BCUT2D eigenvalue weighted by Gasteiger charge is 2.35. The first-order chi connectivity index (χ1) is 21.6. The summed E-state index contributed by atoms with van der Waals surface area (Å²) >= 11 is 0. The van der Waals surface area contributed by atoms with Crippen LogP contribution >= 0.6 is 0 Å². The standard InChI is InChI=1S/C43H31N/c1-43(2)38-19-11-9-17-34(38)37-27-36-30(26-39(37)43)21-22-41-42(36)35-18-10-12-20-40(35)44(41)33-24-31(28-13-5-3-6-14-28)23-32(25-33)29-15-7-4-8-16-29/h3-27H,1-2H3. The van der Waals surface area contributed by atoms with E-state index in [0.29, 0.717) is 0 Å². The Hall–Kier alpha value is -5.40. The van der Waals surface area contributed by atoms with Crippen molar-refractivity contribution in [3.8, 4) is 39.1 Å². The van der Waals surface area contributed by atoms with Crippen LogP contribution in [0.1, 0.15) is 25.0 Å². The van der Waals surface area contributed by atoms with Crippen LogP contribution in [0.25, 0.3) is 71.6 Å². The minimum Gasteiger partial charge on any atom is -0.309 e. The van der Waals surface area contributed by atoms with Crippen LogP contribution < -0.4 is 0 Å². The van der Waals surface area contributed by atoms with Crippen molar-refractivity contribution in [2.75, 3.05) is 0 Å². The Bertz CT molecular complexity index is 2330. The molecule has 0 saturated heterocycles. The van der Waals surface area contributed by atoms with Crippen molar-refractivity contribution >= 4 is 32.6 Å². The van der Waals surface area contributed by atoms with E-state index < -0.39 is 0 Å². The fraction of sp³-hybridized carbons (Fsp3) is 0.0698. The highest BCUT2D eigenvalue weighted by Crippen LogP contribution is 2.51. The molecule has 9 rings (SSSR count). The van der Waals surface area contributed by atoms with E-state index >= 15 is 0 Å². The lowest BCUT2D eigenvalue weighted by molar-refractivity contribution is 0.661. The molecule has 0 amide bonds. The molecule has 1 nitrogen and oxygen atoms in total. The topological polar surface area (TPSA) is 4.93 Å². The molecule has 0 aliphatic heterocycles. The van der Waals surface area contributed by atoms with Crippen molar-refractivity contribution in [1.29, 1.82) is 0 Å². The molecule has 1 aromatic heterocycles. The van der Waals surface area contributed by atoms with Crippen LogP contribution in [-0.4, -0.2) is 4.57 Å². The summed E-state index contributed by atoms with van der Waals surface area (Å²) in [5.74, 6) is 0. The summed E-state index contributed by atoms with van der Waals surface area (Å²) in [6.07, 6.45) is 0. The maximum atomic E-state index is 2.47. The summed E-state index contributed by atoms with van der Waals surface area (Å²) < 4.78 is 2.47. The third-order valence-corrected chi connectivity index (χ3v) is 9.75. The van der Waals surface area contributed by atoms with Gasteiger partial charge in [-0.05, 0) is 97.7 Å². The highest BCUT2D eigenvalue weighted by molar-refractivity contribution is 6.22. The maximum absolute atomic E-state index is 2.47. The summed E-state index contributed by atoms with van der Waals surface area (Å²) in [5.41, 5.74) is 14.0. The SMILES string of the molecule is CC1(C)c2ccccc2-c2cc3c(ccc4c3c3ccccc3n4-c3cc(-c4ccccc4)cc(-c4ccccc4)c3)cc21. The monoisotopic (exact) mass is 561 g/mol. The molecule has 1 aliphatic carbocycles. The van der Waals surface area contributed by atoms with E-state index in [1.165, 1.54) is 82.8 Å². The van der Waals surface area contributed by atoms with E-state index in [0.717, 1.165) is 0 Å². The fourth-order valence-electron chi connectivity index (χ4n) is 7.60. The quantitative estimate of drug-likeness (QED) is 0.202. The van der Waals surface area contributed by atoms with Gasteiger partial charge < -0.3 is 4.57 Å². The van der Waals surface area contributed by atoms with E-state index in [1.807, 2.05) is 0 Å². The molecule has 0 spiro atoms. The van der Waals surface area contributed by atoms with Gasteiger partial charge in [0.25, 0.3) is 0 Å². The number of para-hydroxylation sites is 1. The van der Waals surface area contributed by atoms with Gasteiger partial charge in [-0.3, -0.25) is 0 Å². The lowest BCUT2D eigenvalue weighted by Crippen LogP contribution is -2.14. The zero-order valence-corrected chi connectivity index (χ0v) is 24.9. The van der Waals surface area contributed by atoms with E-state index in [1.54, 1.807) is 0 Å². The van der Waals surface area contributed by atoms with E-state index in [2.05, 4.69) is 170 Å². The molecule has 0 atom stereocenters. The van der Waals surface area contributed by atoms with Crippen molar-refractivity contribution in [2.24, 2.45) is 0 Å². The molecule has 1 heterocycles. The zero-order valence-electron chi connectivity index (χ0n) is 24.9. The van der Waals surface area contributed by atoms with Gasteiger partial charge in [0.15, 0.2) is 0 Å². The first-order valence-corrected chi connectivity index (χ1v) is 15.4. The van der Waals surface area contributed by atoms with Crippen LogP contribution in [0.5, 0.6) is 0 Å². The Labute approximate surface area is 257 Å². The molecule has 0 radical (unpaired) electrons. The Morgan fingerprint density at radius 2 is 1.07 bits per heavy atom. The van der Waals surface area contributed by atoms with Gasteiger partial charge in [-0.1, -0.05) is 123 Å². The smallest absolute Gasteiger partial charge is 0.0547 e. The van der Waals surface area contributed by atoms with Gasteiger partial charge in [0.2, 0.25) is 0 Å². The molecule has 1 aliphatic rings. The fourth-order valence-corrected chi connectivity index (χ4v) is 7.60. The van der Waals surface area contributed by atoms with Crippen molar-refractivity contribution in [3.05, 3.63) is 163 Å². The van der Waals surface area contributed by atoms with Crippen LogP contribution in [-0.2, 0) is 5.41 Å². The average molecular weight is 562 g/mol. The first-order valence-electron chi connectivity index (χ1n) is 15.4. The first kappa shape index (κ1) is 25.1. The van der Waals surface area contributed by atoms with Gasteiger partial charge in [0, 0.05) is 21.9 Å².